The van der Waals surface area contributed by atoms with Gasteiger partial charge in [0.05, 0.1) is 11.7 Å². The number of aromatic nitrogens is 2. The molecule has 3 heterocycles. The highest BCUT2D eigenvalue weighted by Gasteiger charge is 2.38. The van der Waals surface area contributed by atoms with Crippen LogP contribution >= 0.6 is 45.2 Å². The van der Waals surface area contributed by atoms with Gasteiger partial charge in [-0.05, 0) is 77.4 Å². The maximum Gasteiger partial charge on any atom is 0.246 e. The highest BCUT2D eigenvalue weighted by atomic mass is 127. The van der Waals surface area contributed by atoms with Crippen LogP contribution in [0.2, 0.25) is 0 Å². The molecule has 0 bridgehead atoms. The maximum absolute atomic E-state index is 13.2. The molecule has 0 radical (unpaired) electrons. The molecule has 12 heteroatoms. The van der Waals surface area contributed by atoms with Crippen LogP contribution in [0.3, 0.4) is 0 Å². The lowest BCUT2D eigenvalue weighted by Gasteiger charge is -2.32. The summed E-state index contributed by atoms with van der Waals surface area (Å²) in [6, 6.07) is -2.37. The van der Waals surface area contributed by atoms with Gasteiger partial charge in [0.15, 0.2) is 3.83 Å². The van der Waals surface area contributed by atoms with Gasteiger partial charge < -0.3 is 31.2 Å². The van der Waals surface area contributed by atoms with Crippen LogP contribution in [0.1, 0.15) is 31.4 Å². The number of H-pyrrole nitrogens is 1. The molecule has 28 heavy (non-hydrogen) atoms. The zero-order valence-corrected chi connectivity index (χ0v) is 19.3. The SMILES string of the molecule is NC(=O)C1CCCN1C(=O)C(Cc1[nH]c(I)nc1I)NC(=O)C1CCCN1[O-]. The summed E-state index contributed by atoms with van der Waals surface area (Å²) >= 11 is 4.10. The summed E-state index contributed by atoms with van der Waals surface area (Å²) in [7, 11) is 0. The molecule has 1 aromatic heterocycles. The van der Waals surface area contributed by atoms with E-state index in [0.717, 1.165) is 5.06 Å². The summed E-state index contributed by atoms with van der Waals surface area (Å²) in [6.07, 6.45) is 2.48. The molecule has 3 atom stereocenters. The van der Waals surface area contributed by atoms with E-state index in [1.54, 1.807) is 0 Å². The number of nitrogens with one attached hydrogen (secondary N) is 2. The summed E-state index contributed by atoms with van der Waals surface area (Å²) in [5, 5.41) is 15.3. The van der Waals surface area contributed by atoms with Gasteiger partial charge in [-0.2, -0.15) is 0 Å². The second-order valence-corrected chi connectivity index (χ2v) is 9.00. The third kappa shape index (κ3) is 4.76. The normalized spacial score (nSPS) is 23.8. The Morgan fingerprint density at radius 1 is 1.25 bits per heavy atom. The second-order valence-electron chi connectivity index (χ2n) is 6.95. The van der Waals surface area contributed by atoms with Gasteiger partial charge >= 0.3 is 0 Å². The van der Waals surface area contributed by atoms with Gasteiger partial charge in [-0.3, -0.25) is 14.4 Å². The van der Waals surface area contributed by atoms with E-state index >= 15 is 0 Å². The lowest BCUT2D eigenvalue weighted by Crippen LogP contribution is -2.55. The average molecular weight is 615 g/mol. The lowest BCUT2D eigenvalue weighted by atomic mass is 10.1. The summed E-state index contributed by atoms with van der Waals surface area (Å²) < 4.78 is 1.38. The molecule has 0 saturated carbocycles. The van der Waals surface area contributed by atoms with Gasteiger partial charge in [-0.25, -0.2) is 4.98 Å². The van der Waals surface area contributed by atoms with Crippen molar-refractivity contribution in [2.45, 2.75) is 50.2 Å². The number of hydrogen-bond acceptors (Lipinski definition) is 6. The van der Waals surface area contributed by atoms with E-state index in [0.29, 0.717) is 52.0 Å². The molecular weight excluding hydrogens is 594 g/mol. The van der Waals surface area contributed by atoms with E-state index < -0.39 is 29.9 Å². The van der Waals surface area contributed by atoms with Crippen LogP contribution in [-0.2, 0) is 20.8 Å². The van der Waals surface area contributed by atoms with Crippen LogP contribution in [0.25, 0.3) is 0 Å². The van der Waals surface area contributed by atoms with E-state index in [1.165, 1.54) is 4.90 Å². The predicted octanol–water partition coefficient (Wildman–Crippen LogP) is 0.0847. The van der Waals surface area contributed by atoms with E-state index in [1.807, 2.05) is 22.6 Å². The fourth-order valence-electron chi connectivity index (χ4n) is 3.69. The van der Waals surface area contributed by atoms with Gasteiger partial charge in [0.2, 0.25) is 17.7 Å². The van der Waals surface area contributed by atoms with Gasteiger partial charge in [-0.15, -0.1) is 0 Å². The minimum Gasteiger partial charge on any atom is -0.785 e. The standard InChI is InChI=1S/C16H21I2N6O4/c17-12-8(21-16(18)22-12)7-9(20-14(26)11-4-2-6-24(11)28)15(27)23-5-1-3-10(23)13(19)25/h9-11H,1-7H2,(H2,19,25)(H,20,26)(H,21,22)/q-1. The molecule has 2 saturated heterocycles. The first-order chi connectivity index (χ1) is 13.3. The Bertz CT molecular complexity index is 772. The number of nitrogens with zero attached hydrogens (tertiary/aromatic N) is 3. The molecule has 2 aliphatic rings. The lowest BCUT2D eigenvalue weighted by molar-refractivity contribution is -0.141. The molecule has 10 nitrogen and oxygen atoms in total. The molecule has 2 fully saturated rings. The van der Waals surface area contributed by atoms with Crippen LogP contribution < -0.4 is 11.1 Å². The molecule has 4 N–H and O–H groups in total. The van der Waals surface area contributed by atoms with E-state index in [2.05, 4.69) is 37.9 Å². The Labute approximate surface area is 189 Å². The minimum absolute atomic E-state index is 0.187. The molecule has 154 valence electrons. The maximum atomic E-state index is 13.2. The van der Waals surface area contributed by atoms with Gasteiger partial charge in [0.1, 0.15) is 15.8 Å². The molecular formula is C16H21I2N6O4-. The van der Waals surface area contributed by atoms with Crippen molar-refractivity contribution in [3.63, 3.8) is 0 Å². The van der Waals surface area contributed by atoms with Crippen molar-refractivity contribution in [3.05, 3.63) is 18.4 Å². The van der Waals surface area contributed by atoms with Crippen LogP contribution in [0.15, 0.2) is 0 Å². The summed E-state index contributed by atoms with van der Waals surface area (Å²) in [6.45, 7) is 0.719. The molecule has 3 unspecified atom stereocenters. The number of imidazole rings is 1. The second kappa shape index (κ2) is 9.21. The van der Waals surface area contributed by atoms with Gasteiger partial charge in [0, 0.05) is 13.0 Å². The van der Waals surface area contributed by atoms with E-state index in [-0.39, 0.29) is 12.3 Å². The third-order valence-corrected chi connectivity index (χ3v) is 6.50. The Morgan fingerprint density at radius 2 is 1.93 bits per heavy atom. The number of amides is 3. The van der Waals surface area contributed by atoms with Crippen molar-refractivity contribution in [1.82, 2.24) is 25.2 Å². The predicted molar refractivity (Wildman–Crippen MR) is 117 cm³/mol. The fourth-order valence-corrected chi connectivity index (χ4v) is 5.32. The highest BCUT2D eigenvalue weighted by molar-refractivity contribution is 14.1. The van der Waals surface area contributed by atoms with Crippen LogP contribution in [0, 0.1) is 12.7 Å². The number of rotatable bonds is 6. The number of aromatic amines is 1. The zero-order chi connectivity index (χ0) is 20.4. The number of primary amides is 1. The number of likely N-dealkylation sites (tertiary alicyclic amines) is 1. The summed E-state index contributed by atoms with van der Waals surface area (Å²) in [5.74, 6) is -1.39. The molecule has 2 aliphatic heterocycles. The average Bonchev–Trinajstić information content (AvgIpc) is 3.34. The Kier molecular flexibility index (Phi) is 7.14. The van der Waals surface area contributed by atoms with Crippen LogP contribution in [-0.4, -0.2) is 68.9 Å². The zero-order valence-electron chi connectivity index (χ0n) is 15.0. The van der Waals surface area contributed by atoms with Crippen molar-refractivity contribution in [1.29, 1.82) is 0 Å². The first-order valence-electron chi connectivity index (χ1n) is 9.01. The molecule has 0 spiro atoms. The molecule has 0 aromatic carbocycles. The number of hydrogen-bond donors (Lipinski definition) is 3. The molecule has 0 aliphatic carbocycles. The fraction of sp³-hybridized carbons (Fsp3) is 0.625. The number of nitrogens with two attached hydrogens (primary N) is 1. The highest BCUT2D eigenvalue weighted by Crippen LogP contribution is 2.21. The van der Waals surface area contributed by atoms with Gasteiger partial charge in [0.25, 0.3) is 0 Å². The van der Waals surface area contributed by atoms with Crippen molar-refractivity contribution in [2.75, 3.05) is 13.1 Å². The third-order valence-electron chi connectivity index (χ3n) is 5.09. The Balaban J connectivity index is 1.81. The Morgan fingerprint density at radius 3 is 2.50 bits per heavy atom. The Hall–Kier alpha value is -1.00. The quantitative estimate of drug-likeness (QED) is 0.387. The van der Waals surface area contributed by atoms with Crippen molar-refractivity contribution < 1.29 is 14.4 Å². The number of carbonyl (C=O) groups is 3. The van der Waals surface area contributed by atoms with Crippen LogP contribution in [0.5, 0.6) is 0 Å². The summed E-state index contributed by atoms with van der Waals surface area (Å²) in [5.41, 5.74) is 6.15. The van der Waals surface area contributed by atoms with Crippen molar-refractivity contribution in [2.24, 2.45) is 5.73 Å². The van der Waals surface area contributed by atoms with Gasteiger partial charge in [-0.1, -0.05) is 0 Å². The smallest absolute Gasteiger partial charge is 0.246 e. The largest absolute Gasteiger partial charge is 0.785 e. The number of carbonyl (C=O) groups excluding carboxylic acids is 3. The topological polar surface area (TPSA) is 147 Å². The monoisotopic (exact) mass is 615 g/mol. The first-order valence-corrected chi connectivity index (χ1v) is 11.2. The van der Waals surface area contributed by atoms with Crippen LogP contribution in [0.4, 0.5) is 0 Å². The summed E-state index contributed by atoms with van der Waals surface area (Å²) in [4.78, 5) is 46.3. The van der Waals surface area contributed by atoms with Crippen molar-refractivity contribution >= 4 is 62.9 Å². The number of hydroxylamine groups is 2. The molecule has 1 aromatic rings. The number of halogens is 2. The van der Waals surface area contributed by atoms with E-state index in [9.17, 15) is 19.6 Å². The molecule has 3 amide bonds. The van der Waals surface area contributed by atoms with Crippen molar-refractivity contribution in [3.8, 4) is 0 Å². The first kappa shape index (κ1) is 21.7. The van der Waals surface area contributed by atoms with E-state index in [4.69, 9.17) is 5.73 Å². The molecule has 3 rings (SSSR count). The minimum atomic E-state index is -0.911.